The van der Waals surface area contributed by atoms with Crippen LogP contribution in [0.2, 0.25) is 0 Å². The number of hydrogen-bond acceptors (Lipinski definition) is 3. The van der Waals surface area contributed by atoms with Crippen molar-refractivity contribution in [3.05, 3.63) is 42.4 Å². The molecule has 0 aliphatic rings. The molecule has 88 valence electrons. The van der Waals surface area contributed by atoms with Gasteiger partial charge in [0, 0.05) is 5.56 Å². The van der Waals surface area contributed by atoms with Gasteiger partial charge in [-0.15, -0.1) is 0 Å². The molecule has 0 bridgehead atoms. The topological polar surface area (TPSA) is 66.0 Å². The summed E-state index contributed by atoms with van der Waals surface area (Å²) in [5.41, 5.74) is -0.0778. The highest BCUT2D eigenvalue weighted by molar-refractivity contribution is 14.1. The van der Waals surface area contributed by atoms with Crippen molar-refractivity contribution in [1.82, 2.24) is 9.97 Å². The maximum Gasteiger partial charge on any atom is 0.268 e. The number of nitrogens with one attached hydrogen (secondary N) is 1. The van der Waals surface area contributed by atoms with Crippen LogP contribution in [0.1, 0.15) is 0 Å². The molecule has 0 aliphatic heterocycles. The van der Waals surface area contributed by atoms with Crippen LogP contribution in [0.3, 0.4) is 0 Å². The van der Waals surface area contributed by atoms with Gasteiger partial charge >= 0.3 is 0 Å². The minimum atomic E-state index is -0.469. The first-order valence-electron chi connectivity index (χ1n) is 4.43. The lowest BCUT2D eigenvalue weighted by molar-refractivity contribution is 0.447. The van der Waals surface area contributed by atoms with E-state index in [1.54, 1.807) is 28.7 Å². The van der Waals surface area contributed by atoms with Crippen molar-refractivity contribution >= 4 is 38.5 Å². The second-order valence-electron chi connectivity index (χ2n) is 3.18. The van der Waals surface area contributed by atoms with Gasteiger partial charge in [0.15, 0.2) is 0 Å². The number of aromatic amines is 1. The fourth-order valence-corrected chi connectivity index (χ4v) is 1.73. The highest BCUT2D eigenvalue weighted by Crippen LogP contribution is 2.23. The Balaban J connectivity index is 2.61. The van der Waals surface area contributed by atoms with Crippen LogP contribution in [0.15, 0.2) is 27.5 Å². The molecule has 1 aromatic heterocycles. The van der Waals surface area contributed by atoms with Crippen molar-refractivity contribution in [2.24, 2.45) is 0 Å². The molecule has 2 rings (SSSR count). The largest absolute Gasteiger partial charge is 0.492 e. The standard InChI is InChI=1S/C10H5BrFIN2O2/c11-5-2-1-4(3-6(5)12)8-14-9(16)7(13)10(17)15-8/h1-3H,(H2,14,15,16,17). The number of halogens is 3. The fourth-order valence-electron chi connectivity index (χ4n) is 1.23. The maximum atomic E-state index is 13.3. The van der Waals surface area contributed by atoms with E-state index >= 15 is 0 Å². The highest BCUT2D eigenvalue weighted by Gasteiger charge is 2.10. The van der Waals surface area contributed by atoms with Gasteiger partial charge in [0.05, 0.1) is 4.47 Å². The summed E-state index contributed by atoms with van der Waals surface area (Å²) in [6.07, 6.45) is 0. The van der Waals surface area contributed by atoms with E-state index in [-0.39, 0.29) is 15.3 Å². The van der Waals surface area contributed by atoms with Crippen molar-refractivity contribution in [3.63, 3.8) is 0 Å². The number of aromatic nitrogens is 2. The Labute approximate surface area is 117 Å². The van der Waals surface area contributed by atoms with Gasteiger partial charge in [-0.25, -0.2) is 4.39 Å². The molecule has 0 saturated carbocycles. The van der Waals surface area contributed by atoms with Gasteiger partial charge in [-0.2, -0.15) is 4.98 Å². The molecule has 17 heavy (non-hydrogen) atoms. The van der Waals surface area contributed by atoms with Crippen LogP contribution in [0.5, 0.6) is 5.88 Å². The lowest BCUT2D eigenvalue weighted by Crippen LogP contribution is -2.12. The molecule has 0 saturated heterocycles. The molecule has 1 aromatic carbocycles. The summed E-state index contributed by atoms with van der Waals surface area (Å²) >= 11 is 4.70. The smallest absolute Gasteiger partial charge is 0.268 e. The van der Waals surface area contributed by atoms with E-state index < -0.39 is 11.4 Å². The molecule has 2 N–H and O–H groups in total. The van der Waals surface area contributed by atoms with Crippen molar-refractivity contribution in [1.29, 1.82) is 0 Å². The SMILES string of the molecule is O=c1[nH]c(-c2ccc(Br)c(F)c2)nc(O)c1I. The van der Waals surface area contributed by atoms with E-state index in [0.717, 1.165) is 0 Å². The third kappa shape index (κ3) is 2.49. The monoisotopic (exact) mass is 410 g/mol. The molecule has 0 atom stereocenters. The third-order valence-electron chi connectivity index (χ3n) is 2.04. The Hall–Kier alpha value is -0.960. The average Bonchev–Trinajstić information content (AvgIpc) is 2.29. The lowest BCUT2D eigenvalue weighted by atomic mass is 10.2. The molecule has 0 unspecified atom stereocenters. The Bertz CT molecular complexity index is 645. The quantitative estimate of drug-likeness (QED) is 0.710. The second-order valence-corrected chi connectivity index (χ2v) is 5.11. The zero-order valence-electron chi connectivity index (χ0n) is 8.17. The van der Waals surface area contributed by atoms with Gasteiger partial charge in [-0.05, 0) is 56.7 Å². The number of hydrogen-bond donors (Lipinski definition) is 2. The highest BCUT2D eigenvalue weighted by atomic mass is 127. The summed E-state index contributed by atoms with van der Waals surface area (Å²) in [6.45, 7) is 0. The fraction of sp³-hybridized carbons (Fsp3) is 0. The second kappa shape index (κ2) is 4.73. The number of benzene rings is 1. The Morgan fingerprint density at radius 3 is 2.76 bits per heavy atom. The molecule has 1 heterocycles. The summed E-state index contributed by atoms with van der Waals surface area (Å²) in [5, 5.41) is 9.42. The molecule has 0 radical (unpaired) electrons. The predicted molar refractivity (Wildman–Crippen MR) is 72.3 cm³/mol. The first-order valence-corrected chi connectivity index (χ1v) is 6.30. The molecule has 4 nitrogen and oxygen atoms in total. The Kier molecular flexibility index (Phi) is 3.48. The van der Waals surface area contributed by atoms with Gasteiger partial charge < -0.3 is 10.1 Å². The third-order valence-corrected chi connectivity index (χ3v) is 3.65. The lowest BCUT2D eigenvalue weighted by Gasteiger charge is -2.03. The predicted octanol–water partition coefficient (Wildman–Crippen LogP) is 2.65. The van der Waals surface area contributed by atoms with Gasteiger partial charge in [-0.1, -0.05) is 0 Å². The molecule has 2 aromatic rings. The van der Waals surface area contributed by atoms with E-state index in [1.807, 2.05) is 0 Å². The van der Waals surface area contributed by atoms with E-state index in [4.69, 9.17) is 0 Å². The minimum Gasteiger partial charge on any atom is -0.492 e. The summed E-state index contributed by atoms with van der Waals surface area (Å²) in [5.74, 6) is -0.713. The first-order chi connectivity index (χ1) is 7.99. The molecule has 0 spiro atoms. The molecule has 0 aliphatic carbocycles. The number of nitrogens with zero attached hydrogens (tertiary/aromatic N) is 1. The van der Waals surface area contributed by atoms with Crippen LogP contribution < -0.4 is 5.56 Å². The van der Waals surface area contributed by atoms with Gasteiger partial charge in [0.1, 0.15) is 15.2 Å². The van der Waals surface area contributed by atoms with Crippen molar-refractivity contribution in [2.45, 2.75) is 0 Å². The van der Waals surface area contributed by atoms with Crippen LogP contribution in [-0.2, 0) is 0 Å². The van der Waals surface area contributed by atoms with Crippen molar-refractivity contribution < 1.29 is 9.50 Å². The van der Waals surface area contributed by atoms with Crippen molar-refractivity contribution in [3.8, 4) is 17.3 Å². The van der Waals surface area contributed by atoms with Gasteiger partial charge in [0.2, 0.25) is 5.88 Å². The first kappa shape index (κ1) is 12.5. The molecule has 0 fully saturated rings. The molecule has 0 amide bonds. The van der Waals surface area contributed by atoms with Crippen molar-refractivity contribution in [2.75, 3.05) is 0 Å². The van der Waals surface area contributed by atoms with E-state index in [9.17, 15) is 14.3 Å². The van der Waals surface area contributed by atoms with E-state index in [1.165, 1.54) is 12.1 Å². The summed E-state index contributed by atoms with van der Waals surface area (Å²) in [6, 6.07) is 4.30. The minimum absolute atomic E-state index is 0.101. The van der Waals surface area contributed by atoms with E-state index in [0.29, 0.717) is 10.0 Å². The Morgan fingerprint density at radius 2 is 2.18 bits per heavy atom. The summed E-state index contributed by atoms with van der Waals surface area (Å²) in [4.78, 5) is 17.7. The number of rotatable bonds is 1. The van der Waals surface area contributed by atoms with Crippen LogP contribution in [0.4, 0.5) is 4.39 Å². The van der Waals surface area contributed by atoms with E-state index in [2.05, 4.69) is 25.9 Å². The normalized spacial score (nSPS) is 10.5. The summed E-state index contributed by atoms with van der Waals surface area (Å²) < 4.78 is 13.7. The molecule has 7 heteroatoms. The maximum absolute atomic E-state index is 13.3. The molecular weight excluding hydrogens is 406 g/mol. The van der Waals surface area contributed by atoms with Crippen LogP contribution in [0.25, 0.3) is 11.4 Å². The Morgan fingerprint density at radius 1 is 1.47 bits per heavy atom. The number of aromatic hydroxyl groups is 1. The summed E-state index contributed by atoms with van der Waals surface area (Å²) in [7, 11) is 0. The van der Waals surface area contributed by atoms with Gasteiger partial charge in [-0.3, -0.25) is 4.79 Å². The van der Waals surface area contributed by atoms with Crippen LogP contribution >= 0.6 is 38.5 Å². The zero-order valence-corrected chi connectivity index (χ0v) is 11.9. The van der Waals surface area contributed by atoms with Crippen LogP contribution in [0, 0.1) is 9.39 Å². The molecular formula is C10H5BrFIN2O2. The van der Waals surface area contributed by atoms with Gasteiger partial charge in [0.25, 0.3) is 5.56 Å². The average molecular weight is 411 g/mol. The van der Waals surface area contributed by atoms with Crippen LogP contribution in [-0.4, -0.2) is 15.1 Å². The number of H-pyrrole nitrogens is 1. The zero-order chi connectivity index (χ0) is 12.6.